The summed E-state index contributed by atoms with van der Waals surface area (Å²) < 4.78 is 29.1. The number of sulfone groups is 1. The molecule has 1 N–H and O–H groups in total. The lowest BCUT2D eigenvalue weighted by Gasteiger charge is -2.13. The summed E-state index contributed by atoms with van der Waals surface area (Å²) in [5.41, 5.74) is 2.66. The van der Waals surface area contributed by atoms with Gasteiger partial charge in [0.25, 0.3) is 0 Å². The zero-order chi connectivity index (χ0) is 15.5. The molecule has 2 rings (SSSR count). The lowest BCUT2D eigenvalue weighted by molar-refractivity contribution is 0.340. The van der Waals surface area contributed by atoms with Gasteiger partial charge in [0.1, 0.15) is 12.4 Å². The Kier molecular flexibility index (Phi) is 5.27. The van der Waals surface area contributed by atoms with Gasteiger partial charge in [0.15, 0.2) is 9.84 Å². The van der Waals surface area contributed by atoms with E-state index in [4.69, 9.17) is 4.74 Å². The highest BCUT2D eigenvalue weighted by Gasteiger charge is 2.22. The van der Waals surface area contributed by atoms with Crippen molar-refractivity contribution in [3.8, 4) is 5.75 Å². The molecule has 1 atom stereocenters. The van der Waals surface area contributed by atoms with Crippen LogP contribution in [0.15, 0.2) is 18.2 Å². The molecule has 0 fully saturated rings. The predicted octanol–water partition coefficient (Wildman–Crippen LogP) is 2.49. The Labute approximate surface area is 127 Å². The highest BCUT2D eigenvalue weighted by molar-refractivity contribution is 7.91. The van der Waals surface area contributed by atoms with Crippen LogP contribution in [0.5, 0.6) is 5.75 Å². The minimum atomic E-state index is -3.03. The SMILES string of the molecule is CCNC1CCc2cc(OCCS(=O)(=O)C(C)C)ccc21. The van der Waals surface area contributed by atoms with Gasteiger partial charge in [0, 0.05) is 6.04 Å². The maximum absolute atomic E-state index is 11.7. The molecule has 0 saturated heterocycles. The molecule has 0 aromatic heterocycles. The Balaban J connectivity index is 1.95. The second-order valence-corrected chi connectivity index (χ2v) is 8.45. The quantitative estimate of drug-likeness (QED) is 0.840. The highest BCUT2D eigenvalue weighted by Crippen LogP contribution is 2.33. The molecule has 5 heteroatoms. The molecule has 1 aromatic carbocycles. The van der Waals surface area contributed by atoms with Crippen molar-refractivity contribution in [1.29, 1.82) is 0 Å². The van der Waals surface area contributed by atoms with E-state index in [2.05, 4.69) is 24.4 Å². The smallest absolute Gasteiger partial charge is 0.155 e. The average Bonchev–Trinajstić information content (AvgIpc) is 2.81. The Hall–Kier alpha value is -1.07. The molecule has 1 aliphatic carbocycles. The monoisotopic (exact) mass is 311 g/mol. The maximum atomic E-state index is 11.7. The Morgan fingerprint density at radius 3 is 2.81 bits per heavy atom. The van der Waals surface area contributed by atoms with Crippen LogP contribution in [0.1, 0.15) is 44.4 Å². The van der Waals surface area contributed by atoms with E-state index in [0.717, 1.165) is 25.1 Å². The zero-order valence-corrected chi connectivity index (χ0v) is 13.9. The van der Waals surface area contributed by atoms with Crippen LogP contribution in [-0.4, -0.2) is 32.6 Å². The number of ether oxygens (including phenoxy) is 1. The summed E-state index contributed by atoms with van der Waals surface area (Å²) in [5.74, 6) is 0.840. The second kappa shape index (κ2) is 6.79. The van der Waals surface area contributed by atoms with Crippen LogP contribution >= 0.6 is 0 Å². The van der Waals surface area contributed by atoms with Gasteiger partial charge in [-0.1, -0.05) is 13.0 Å². The van der Waals surface area contributed by atoms with Crippen molar-refractivity contribution in [3.63, 3.8) is 0 Å². The third kappa shape index (κ3) is 3.98. The van der Waals surface area contributed by atoms with E-state index in [0.29, 0.717) is 6.04 Å². The van der Waals surface area contributed by atoms with Crippen molar-refractivity contribution in [2.45, 2.75) is 44.9 Å². The van der Waals surface area contributed by atoms with Gasteiger partial charge < -0.3 is 10.1 Å². The van der Waals surface area contributed by atoms with Gasteiger partial charge in [-0.25, -0.2) is 8.42 Å². The lowest BCUT2D eigenvalue weighted by atomic mass is 10.1. The fourth-order valence-corrected chi connectivity index (χ4v) is 3.44. The van der Waals surface area contributed by atoms with Crippen molar-refractivity contribution >= 4 is 9.84 Å². The standard InChI is InChI=1S/C16H25NO3S/c1-4-17-16-8-5-13-11-14(6-7-15(13)16)20-9-10-21(18,19)12(2)3/h6-7,11-12,16-17H,4-5,8-10H2,1-3H3. The molecule has 0 radical (unpaired) electrons. The van der Waals surface area contributed by atoms with Crippen molar-refractivity contribution in [3.05, 3.63) is 29.3 Å². The van der Waals surface area contributed by atoms with Crippen molar-refractivity contribution in [2.75, 3.05) is 18.9 Å². The van der Waals surface area contributed by atoms with E-state index >= 15 is 0 Å². The van der Waals surface area contributed by atoms with Crippen LogP contribution in [0.25, 0.3) is 0 Å². The number of nitrogens with one attached hydrogen (secondary N) is 1. The van der Waals surface area contributed by atoms with Crippen LogP contribution in [0.2, 0.25) is 0 Å². The molecule has 0 bridgehead atoms. The van der Waals surface area contributed by atoms with Crippen LogP contribution in [-0.2, 0) is 16.3 Å². The summed E-state index contributed by atoms with van der Waals surface area (Å²) in [6.07, 6.45) is 2.17. The van der Waals surface area contributed by atoms with Gasteiger partial charge in [0.05, 0.1) is 11.0 Å². The van der Waals surface area contributed by atoms with Crippen LogP contribution in [0, 0.1) is 0 Å². The normalized spacial score (nSPS) is 18.0. The Morgan fingerprint density at radius 1 is 1.38 bits per heavy atom. The summed E-state index contributed by atoms with van der Waals surface area (Å²) >= 11 is 0. The van der Waals surface area contributed by atoms with E-state index in [-0.39, 0.29) is 17.6 Å². The van der Waals surface area contributed by atoms with E-state index in [1.165, 1.54) is 11.1 Å². The first-order valence-corrected chi connectivity index (χ1v) is 9.36. The summed E-state index contributed by atoms with van der Waals surface area (Å²) in [6.45, 7) is 6.70. The number of fused-ring (bicyclic) bond motifs is 1. The van der Waals surface area contributed by atoms with Crippen LogP contribution in [0.4, 0.5) is 0 Å². The first kappa shape index (κ1) is 16.3. The molecule has 1 aromatic rings. The number of benzene rings is 1. The third-order valence-electron chi connectivity index (χ3n) is 4.00. The minimum Gasteiger partial charge on any atom is -0.493 e. The van der Waals surface area contributed by atoms with Gasteiger partial charge in [-0.05, 0) is 56.5 Å². The highest BCUT2D eigenvalue weighted by atomic mass is 32.2. The fourth-order valence-electron chi connectivity index (χ4n) is 2.65. The summed E-state index contributed by atoms with van der Waals surface area (Å²) in [4.78, 5) is 0. The zero-order valence-electron chi connectivity index (χ0n) is 13.1. The second-order valence-electron chi connectivity index (χ2n) is 5.77. The fraction of sp³-hybridized carbons (Fsp3) is 0.625. The number of aryl methyl sites for hydroxylation is 1. The molecule has 0 aliphatic heterocycles. The molecule has 118 valence electrons. The molecule has 0 saturated carbocycles. The van der Waals surface area contributed by atoms with Gasteiger partial charge in [-0.2, -0.15) is 0 Å². The number of rotatable bonds is 7. The summed E-state index contributed by atoms with van der Waals surface area (Å²) in [5, 5.41) is 3.13. The van der Waals surface area contributed by atoms with Crippen LogP contribution in [0.3, 0.4) is 0 Å². The Bertz CT molecular complexity index is 581. The number of hydrogen-bond donors (Lipinski definition) is 1. The largest absolute Gasteiger partial charge is 0.493 e. The molecule has 0 amide bonds. The summed E-state index contributed by atoms with van der Waals surface area (Å²) in [6, 6.07) is 6.54. The van der Waals surface area contributed by atoms with Crippen LogP contribution < -0.4 is 10.1 Å². The molecular weight excluding hydrogens is 286 g/mol. The van der Waals surface area contributed by atoms with Gasteiger partial charge in [-0.3, -0.25) is 0 Å². The minimum absolute atomic E-state index is 0.0712. The molecule has 21 heavy (non-hydrogen) atoms. The van der Waals surface area contributed by atoms with E-state index in [1.54, 1.807) is 13.8 Å². The number of hydrogen-bond acceptors (Lipinski definition) is 4. The van der Waals surface area contributed by atoms with Crippen molar-refractivity contribution in [2.24, 2.45) is 0 Å². The van der Waals surface area contributed by atoms with Gasteiger partial charge in [0.2, 0.25) is 0 Å². The first-order valence-electron chi connectivity index (χ1n) is 7.64. The topological polar surface area (TPSA) is 55.4 Å². The molecule has 0 heterocycles. The van der Waals surface area contributed by atoms with E-state index in [9.17, 15) is 8.42 Å². The van der Waals surface area contributed by atoms with E-state index in [1.807, 2.05) is 6.07 Å². The summed E-state index contributed by atoms with van der Waals surface area (Å²) in [7, 11) is -3.03. The maximum Gasteiger partial charge on any atom is 0.155 e. The molecule has 1 unspecified atom stereocenters. The Morgan fingerprint density at radius 2 is 2.14 bits per heavy atom. The lowest BCUT2D eigenvalue weighted by Crippen LogP contribution is -2.22. The van der Waals surface area contributed by atoms with Crippen molar-refractivity contribution < 1.29 is 13.2 Å². The van der Waals surface area contributed by atoms with Gasteiger partial charge >= 0.3 is 0 Å². The average molecular weight is 311 g/mol. The molecule has 4 nitrogen and oxygen atoms in total. The third-order valence-corrected chi connectivity index (χ3v) is 6.17. The molecule has 0 spiro atoms. The first-order chi connectivity index (χ1) is 9.94. The van der Waals surface area contributed by atoms with Gasteiger partial charge in [-0.15, -0.1) is 0 Å². The molecule has 1 aliphatic rings. The van der Waals surface area contributed by atoms with Crippen molar-refractivity contribution in [1.82, 2.24) is 5.32 Å². The molecular formula is C16H25NO3S. The predicted molar refractivity (Wildman–Crippen MR) is 85.6 cm³/mol. The van der Waals surface area contributed by atoms with E-state index < -0.39 is 9.84 Å².